The molecule has 2 fully saturated rings. The first kappa shape index (κ1) is 14.6. The highest BCUT2D eigenvalue weighted by Crippen LogP contribution is 2.19. The van der Waals surface area contributed by atoms with E-state index in [0.717, 1.165) is 12.5 Å². The minimum atomic E-state index is 0.569. The Balaban J connectivity index is 1.75. The Morgan fingerprint density at radius 3 is 2.68 bits per heavy atom. The Morgan fingerprint density at radius 1 is 1.26 bits per heavy atom. The predicted molar refractivity (Wildman–Crippen MR) is 81.3 cm³/mol. The molecule has 1 aliphatic heterocycles. The molecule has 0 aromatic heterocycles. The topological polar surface area (TPSA) is 53.6 Å². The summed E-state index contributed by atoms with van der Waals surface area (Å²) in [4.78, 5) is 7.15. The van der Waals surface area contributed by atoms with Gasteiger partial charge in [-0.15, -0.1) is 0 Å². The van der Waals surface area contributed by atoms with Gasteiger partial charge >= 0.3 is 0 Å². The van der Waals surface area contributed by atoms with Crippen molar-refractivity contribution in [3.05, 3.63) is 0 Å². The second-order valence-corrected chi connectivity index (χ2v) is 6.54. The Bertz CT molecular complexity index is 295. The van der Waals surface area contributed by atoms with Crippen LogP contribution in [0.2, 0.25) is 0 Å². The summed E-state index contributed by atoms with van der Waals surface area (Å²) in [6.45, 7) is 7.85. The number of hydrogen-bond acceptors (Lipinski definition) is 2. The average molecular weight is 266 g/mol. The number of likely N-dealkylation sites (tertiary alicyclic amines) is 1. The normalized spacial score (nSPS) is 26.5. The van der Waals surface area contributed by atoms with Gasteiger partial charge in [-0.25, -0.2) is 0 Å². The molecule has 0 aromatic rings. The molecule has 1 atom stereocenters. The number of guanidine groups is 1. The van der Waals surface area contributed by atoms with Crippen molar-refractivity contribution in [2.45, 2.75) is 64.5 Å². The Morgan fingerprint density at radius 2 is 2.00 bits per heavy atom. The van der Waals surface area contributed by atoms with Crippen molar-refractivity contribution in [3.63, 3.8) is 0 Å². The molecule has 1 saturated heterocycles. The van der Waals surface area contributed by atoms with Crippen LogP contribution < -0.4 is 11.1 Å². The van der Waals surface area contributed by atoms with Gasteiger partial charge in [0.1, 0.15) is 0 Å². The first-order valence-corrected chi connectivity index (χ1v) is 7.95. The molecule has 110 valence electrons. The van der Waals surface area contributed by atoms with Gasteiger partial charge in [-0.05, 0) is 38.1 Å². The molecule has 3 N–H and O–H groups in total. The number of hydrogen-bond donors (Lipinski definition) is 2. The summed E-state index contributed by atoms with van der Waals surface area (Å²) >= 11 is 0. The van der Waals surface area contributed by atoms with Gasteiger partial charge in [0.2, 0.25) is 0 Å². The first-order valence-electron chi connectivity index (χ1n) is 7.95. The van der Waals surface area contributed by atoms with Crippen LogP contribution in [0.3, 0.4) is 0 Å². The molecule has 0 spiro atoms. The zero-order valence-corrected chi connectivity index (χ0v) is 12.6. The lowest BCUT2D eigenvalue weighted by molar-refractivity contribution is 0.231. The molecule has 4 nitrogen and oxygen atoms in total. The molecule has 0 amide bonds. The summed E-state index contributed by atoms with van der Waals surface area (Å²) in [6, 6.07) is 1.17. The van der Waals surface area contributed by atoms with E-state index in [1.54, 1.807) is 0 Å². The minimum Gasteiger partial charge on any atom is -0.370 e. The van der Waals surface area contributed by atoms with Crippen LogP contribution in [0.25, 0.3) is 0 Å². The molecule has 2 rings (SSSR count). The summed E-state index contributed by atoms with van der Waals surface area (Å²) in [6.07, 6.45) is 7.74. The maximum absolute atomic E-state index is 6.00. The summed E-state index contributed by atoms with van der Waals surface area (Å²) in [5.41, 5.74) is 6.00. The van der Waals surface area contributed by atoms with Crippen molar-refractivity contribution in [1.82, 2.24) is 10.2 Å². The maximum atomic E-state index is 6.00. The third-order valence-corrected chi connectivity index (χ3v) is 4.28. The van der Waals surface area contributed by atoms with Crippen molar-refractivity contribution in [2.75, 3.05) is 19.6 Å². The Hall–Kier alpha value is -0.770. The summed E-state index contributed by atoms with van der Waals surface area (Å²) in [5, 5.41) is 3.37. The lowest BCUT2D eigenvalue weighted by atomic mass is 10.2. The molecular formula is C15H30N4. The average Bonchev–Trinajstić information content (AvgIpc) is 2.97. The molecule has 1 aliphatic carbocycles. The highest BCUT2D eigenvalue weighted by Gasteiger charge is 2.24. The van der Waals surface area contributed by atoms with Crippen LogP contribution in [-0.4, -0.2) is 42.6 Å². The van der Waals surface area contributed by atoms with Gasteiger partial charge in [0.15, 0.2) is 5.96 Å². The number of nitrogens with zero attached hydrogens (tertiary/aromatic N) is 2. The van der Waals surface area contributed by atoms with Gasteiger partial charge in [-0.3, -0.25) is 9.89 Å². The number of nitrogens with two attached hydrogens (primary N) is 1. The van der Waals surface area contributed by atoms with Gasteiger partial charge in [0, 0.05) is 18.6 Å². The molecule has 1 saturated carbocycles. The Kier molecular flexibility index (Phi) is 5.49. The van der Waals surface area contributed by atoms with E-state index in [1.807, 2.05) is 0 Å². The second-order valence-electron chi connectivity index (χ2n) is 6.54. The highest BCUT2D eigenvalue weighted by atomic mass is 15.2. The number of aliphatic imine (C=N–C) groups is 1. The molecule has 0 radical (unpaired) electrons. The molecule has 2 aliphatic rings. The van der Waals surface area contributed by atoms with Crippen molar-refractivity contribution >= 4 is 5.96 Å². The highest BCUT2D eigenvalue weighted by molar-refractivity contribution is 5.78. The van der Waals surface area contributed by atoms with E-state index in [0.29, 0.717) is 18.0 Å². The van der Waals surface area contributed by atoms with Crippen LogP contribution in [-0.2, 0) is 0 Å². The fourth-order valence-corrected chi connectivity index (χ4v) is 3.34. The molecule has 0 aromatic carbocycles. The van der Waals surface area contributed by atoms with Gasteiger partial charge < -0.3 is 11.1 Å². The lowest BCUT2D eigenvalue weighted by Crippen LogP contribution is -2.40. The van der Waals surface area contributed by atoms with Crippen molar-refractivity contribution in [3.8, 4) is 0 Å². The van der Waals surface area contributed by atoms with E-state index in [2.05, 4.69) is 29.1 Å². The van der Waals surface area contributed by atoms with E-state index in [-0.39, 0.29) is 0 Å². The van der Waals surface area contributed by atoms with Crippen LogP contribution in [0.4, 0.5) is 0 Å². The fourth-order valence-electron chi connectivity index (χ4n) is 3.34. The van der Waals surface area contributed by atoms with Crippen LogP contribution in [0.5, 0.6) is 0 Å². The quantitative estimate of drug-likeness (QED) is 0.591. The summed E-state index contributed by atoms with van der Waals surface area (Å²) < 4.78 is 0. The molecule has 1 heterocycles. The lowest BCUT2D eigenvalue weighted by Gasteiger charge is -2.25. The minimum absolute atomic E-state index is 0.569. The molecule has 0 bridgehead atoms. The smallest absolute Gasteiger partial charge is 0.188 e. The monoisotopic (exact) mass is 266 g/mol. The van der Waals surface area contributed by atoms with Crippen LogP contribution in [0.15, 0.2) is 4.99 Å². The molecule has 0 unspecified atom stereocenters. The zero-order chi connectivity index (χ0) is 13.7. The van der Waals surface area contributed by atoms with Crippen LogP contribution >= 0.6 is 0 Å². The second kappa shape index (κ2) is 7.13. The third kappa shape index (κ3) is 4.68. The van der Waals surface area contributed by atoms with Crippen molar-refractivity contribution in [1.29, 1.82) is 0 Å². The fraction of sp³-hybridized carbons (Fsp3) is 0.933. The number of rotatable bonds is 5. The standard InChI is InChI=1S/C15H30N4/c1-12(2)11-19-9-5-8-14(19)10-17-15(16)18-13-6-3-4-7-13/h12-14H,3-11H2,1-2H3,(H3,16,17,18)/t14-/m1/s1. The molecular weight excluding hydrogens is 236 g/mol. The van der Waals surface area contributed by atoms with E-state index >= 15 is 0 Å². The van der Waals surface area contributed by atoms with Gasteiger partial charge in [0.05, 0.1) is 6.54 Å². The largest absolute Gasteiger partial charge is 0.370 e. The van der Waals surface area contributed by atoms with Crippen LogP contribution in [0.1, 0.15) is 52.4 Å². The molecule has 19 heavy (non-hydrogen) atoms. The summed E-state index contributed by atoms with van der Waals surface area (Å²) in [5.74, 6) is 1.39. The number of nitrogens with one attached hydrogen (secondary N) is 1. The first-order chi connectivity index (χ1) is 9.15. The predicted octanol–water partition coefficient (Wildman–Crippen LogP) is 1.95. The van der Waals surface area contributed by atoms with E-state index < -0.39 is 0 Å². The van der Waals surface area contributed by atoms with Gasteiger partial charge in [-0.1, -0.05) is 26.7 Å². The van der Waals surface area contributed by atoms with E-state index in [9.17, 15) is 0 Å². The summed E-state index contributed by atoms with van der Waals surface area (Å²) in [7, 11) is 0. The van der Waals surface area contributed by atoms with E-state index in [4.69, 9.17) is 5.73 Å². The van der Waals surface area contributed by atoms with Crippen LogP contribution in [0, 0.1) is 5.92 Å². The third-order valence-electron chi connectivity index (χ3n) is 4.28. The molecule has 4 heteroatoms. The van der Waals surface area contributed by atoms with Gasteiger partial charge in [-0.2, -0.15) is 0 Å². The zero-order valence-electron chi connectivity index (χ0n) is 12.6. The van der Waals surface area contributed by atoms with E-state index in [1.165, 1.54) is 51.6 Å². The maximum Gasteiger partial charge on any atom is 0.188 e. The van der Waals surface area contributed by atoms with Crippen molar-refractivity contribution in [2.24, 2.45) is 16.6 Å². The SMILES string of the molecule is CC(C)CN1CCC[C@@H]1CN=C(N)NC1CCCC1. The Labute approximate surface area is 117 Å². The van der Waals surface area contributed by atoms with Gasteiger partial charge in [0.25, 0.3) is 0 Å². The van der Waals surface area contributed by atoms with Crippen molar-refractivity contribution < 1.29 is 0 Å².